The SMILES string of the molecule is CN(C)CCN(C(=O)C=Cc1cccs1)c1nc2ccccc2s1. The van der Waals surface area contributed by atoms with Gasteiger partial charge in [-0.2, -0.15) is 0 Å². The van der Waals surface area contributed by atoms with Crippen LogP contribution in [0, 0.1) is 0 Å². The molecular formula is C18H19N3OS2. The van der Waals surface area contributed by atoms with Gasteiger partial charge < -0.3 is 4.90 Å². The number of aromatic nitrogens is 1. The molecule has 2 heterocycles. The second kappa shape index (κ2) is 7.70. The Hall–Kier alpha value is -2.02. The van der Waals surface area contributed by atoms with Crippen LogP contribution in [0.1, 0.15) is 4.88 Å². The van der Waals surface area contributed by atoms with Gasteiger partial charge in [0.15, 0.2) is 5.13 Å². The first kappa shape index (κ1) is 16.8. The number of hydrogen-bond donors (Lipinski definition) is 0. The molecule has 0 atom stereocenters. The van der Waals surface area contributed by atoms with Crippen molar-refractivity contribution < 1.29 is 4.79 Å². The lowest BCUT2D eigenvalue weighted by Crippen LogP contribution is -2.35. The summed E-state index contributed by atoms with van der Waals surface area (Å²) in [4.78, 5) is 22.2. The van der Waals surface area contributed by atoms with Crippen LogP contribution in [0.25, 0.3) is 16.3 Å². The standard InChI is InChI=1S/C18H19N3OS2/c1-20(2)11-12-21(17(22)10-9-14-6-5-13-23-14)18-19-15-7-3-4-8-16(15)24-18/h3-10,13H,11-12H2,1-2H3. The Balaban J connectivity index is 1.85. The smallest absolute Gasteiger partial charge is 0.252 e. The van der Waals surface area contributed by atoms with Crippen LogP contribution in [0.4, 0.5) is 5.13 Å². The zero-order chi connectivity index (χ0) is 16.9. The molecule has 3 rings (SSSR count). The number of carbonyl (C=O) groups excluding carboxylic acids is 1. The van der Waals surface area contributed by atoms with Gasteiger partial charge in [-0.3, -0.25) is 9.69 Å². The van der Waals surface area contributed by atoms with Crippen LogP contribution >= 0.6 is 22.7 Å². The highest BCUT2D eigenvalue weighted by atomic mass is 32.1. The summed E-state index contributed by atoms with van der Waals surface area (Å²) in [6, 6.07) is 11.9. The Labute approximate surface area is 149 Å². The quantitative estimate of drug-likeness (QED) is 0.627. The number of thiazole rings is 1. The second-order valence-electron chi connectivity index (χ2n) is 5.61. The third kappa shape index (κ3) is 4.08. The van der Waals surface area contributed by atoms with Crippen molar-refractivity contribution in [2.45, 2.75) is 0 Å². The molecule has 0 N–H and O–H groups in total. The minimum Gasteiger partial charge on any atom is -0.308 e. The van der Waals surface area contributed by atoms with Crippen LogP contribution in [0.15, 0.2) is 47.9 Å². The number of hydrogen-bond acceptors (Lipinski definition) is 5. The fourth-order valence-corrected chi connectivity index (χ4v) is 3.82. The average Bonchev–Trinajstić information content (AvgIpc) is 3.22. The number of carbonyl (C=O) groups is 1. The van der Waals surface area contributed by atoms with E-state index < -0.39 is 0 Å². The van der Waals surface area contributed by atoms with Crippen LogP contribution in [-0.2, 0) is 4.79 Å². The highest BCUT2D eigenvalue weighted by Gasteiger charge is 2.17. The van der Waals surface area contributed by atoms with Crippen molar-refractivity contribution in [2.75, 3.05) is 32.1 Å². The van der Waals surface area contributed by atoms with Crippen molar-refractivity contribution in [3.05, 3.63) is 52.7 Å². The molecule has 0 radical (unpaired) electrons. The number of benzene rings is 1. The van der Waals surface area contributed by atoms with Gasteiger partial charge in [-0.25, -0.2) is 4.98 Å². The molecule has 3 aromatic rings. The highest BCUT2D eigenvalue weighted by molar-refractivity contribution is 7.22. The molecule has 0 fully saturated rings. The molecule has 24 heavy (non-hydrogen) atoms. The number of nitrogens with zero attached hydrogens (tertiary/aromatic N) is 3. The summed E-state index contributed by atoms with van der Waals surface area (Å²) in [6.07, 6.45) is 3.50. The fourth-order valence-electron chi connectivity index (χ4n) is 2.21. The fraction of sp³-hybridized carbons (Fsp3) is 0.222. The number of likely N-dealkylation sites (N-methyl/N-ethyl adjacent to an activating group) is 1. The second-order valence-corrected chi connectivity index (χ2v) is 7.59. The van der Waals surface area contributed by atoms with E-state index in [1.165, 1.54) is 0 Å². The summed E-state index contributed by atoms with van der Waals surface area (Å²) in [7, 11) is 4.00. The van der Waals surface area contributed by atoms with E-state index in [9.17, 15) is 4.79 Å². The third-order valence-electron chi connectivity index (χ3n) is 3.48. The van der Waals surface area contributed by atoms with Crippen LogP contribution in [-0.4, -0.2) is 43.0 Å². The molecule has 124 valence electrons. The first-order chi connectivity index (χ1) is 11.6. The Kier molecular flexibility index (Phi) is 5.40. The normalized spacial score (nSPS) is 11.6. The van der Waals surface area contributed by atoms with E-state index in [0.29, 0.717) is 6.54 Å². The van der Waals surface area contributed by atoms with Crippen molar-refractivity contribution in [1.82, 2.24) is 9.88 Å². The monoisotopic (exact) mass is 357 g/mol. The van der Waals surface area contributed by atoms with E-state index >= 15 is 0 Å². The largest absolute Gasteiger partial charge is 0.308 e. The number of anilines is 1. The first-order valence-corrected chi connectivity index (χ1v) is 9.36. The van der Waals surface area contributed by atoms with Crippen LogP contribution in [0.2, 0.25) is 0 Å². The number of rotatable bonds is 6. The maximum absolute atomic E-state index is 12.7. The van der Waals surface area contributed by atoms with Gasteiger partial charge in [0.25, 0.3) is 5.91 Å². The van der Waals surface area contributed by atoms with E-state index in [2.05, 4.69) is 9.88 Å². The van der Waals surface area contributed by atoms with Crippen molar-refractivity contribution in [3.8, 4) is 0 Å². The molecule has 0 aliphatic heterocycles. The van der Waals surface area contributed by atoms with Gasteiger partial charge in [0, 0.05) is 24.0 Å². The topological polar surface area (TPSA) is 36.4 Å². The summed E-state index contributed by atoms with van der Waals surface area (Å²) < 4.78 is 1.09. The molecule has 0 aliphatic rings. The Bertz CT molecular complexity index is 804. The van der Waals surface area contributed by atoms with Gasteiger partial charge in [0.1, 0.15) is 0 Å². The molecule has 2 aromatic heterocycles. The molecule has 0 aliphatic carbocycles. The van der Waals surface area contributed by atoms with Gasteiger partial charge in [-0.05, 0) is 43.8 Å². The van der Waals surface area contributed by atoms with Gasteiger partial charge in [0.05, 0.1) is 10.2 Å². The molecule has 4 nitrogen and oxygen atoms in total. The van der Waals surface area contributed by atoms with Gasteiger partial charge >= 0.3 is 0 Å². The maximum Gasteiger partial charge on any atom is 0.252 e. The molecule has 0 unspecified atom stereocenters. The maximum atomic E-state index is 12.7. The zero-order valence-electron chi connectivity index (χ0n) is 13.7. The molecular weight excluding hydrogens is 338 g/mol. The van der Waals surface area contributed by atoms with E-state index in [1.54, 1.807) is 33.6 Å². The zero-order valence-corrected chi connectivity index (χ0v) is 15.3. The summed E-state index contributed by atoms with van der Waals surface area (Å²) >= 11 is 3.17. The van der Waals surface area contributed by atoms with E-state index in [-0.39, 0.29) is 5.91 Å². The average molecular weight is 358 g/mol. The molecule has 0 bridgehead atoms. The summed E-state index contributed by atoms with van der Waals surface area (Å²) in [5, 5.41) is 2.75. The first-order valence-electron chi connectivity index (χ1n) is 7.67. The van der Waals surface area contributed by atoms with Crippen molar-refractivity contribution >= 4 is 50.0 Å². The van der Waals surface area contributed by atoms with Crippen molar-refractivity contribution in [1.29, 1.82) is 0 Å². The molecule has 0 saturated carbocycles. The van der Waals surface area contributed by atoms with Gasteiger partial charge in [0.2, 0.25) is 0 Å². The molecule has 1 aromatic carbocycles. The Morgan fingerprint density at radius 2 is 2.00 bits per heavy atom. The third-order valence-corrected chi connectivity index (χ3v) is 5.38. The van der Waals surface area contributed by atoms with Crippen molar-refractivity contribution in [2.24, 2.45) is 0 Å². The minimum absolute atomic E-state index is 0.0377. The predicted molar refractivity (Wildman–Crippen MR) is 104 cm³/mol. The number of para-hydroxylation sites is 1. The Morgan fingerprint density at radius 1 is 1.17 bits per heavy atom. The highest BCUT2D eigenvalue weighted by Crippen LogP contribution is 2.28. The van der Waals surface area contributed by atoms with Crippen LogP contribution in [0.3, 0.4) is 0 Å². The van der Waals surface area contributed by atoms with Crippen LogP contribution < -0.4 is 4.90 Å². The van der Waals surface area contributed by atoms with E-state index in [0.717, 1.165) is 26.8 Å². The van der Waals surface area contributed by atoms with Gasteiger partial charge in [-0.1, -0.05) is 29.5 Å². The van der Waals surface area contributed by atoms with Crippen molar-refractivity contribution in [3.63, 3.8) is 0 Å². The van der Waals surface area contributed by atoms with E-state index in [1.807, 2.05) is 61.9 Å². The lowest BCUT2D eigenvalue weighted by Gasteiger charge is -2.20. The number of thiophene rings is 1. The molecule has 6 heteroatoms. The Morgan fingerprint density at radius 3 is 2.71 bits per heavy atom. The van der Waals surface area contributed by atoms with Crippen LogP contribution in [0.5, 0.6) is 0 Å². The molecule has 1 amide bonds. The molecule has 0 spiro atoms. The summed E-state index contributed by atoms with van der Waals surface area (Å²) in [5.41, 5.74) is 0.933. The molecule has 0 saturated heterocycles. The summed E-state index contributed by atoms with van der Waals surface area (Å²) in [5.74, 6) is -0.0377. The number of fused-ring (bicyclic) bond motifs is 1. The predicted octanol–water partition coefficient (Wildman–Crippen LogP) is 3.97. The minimum atomic E-state index is -0.0377. The van der Waals surface area contributed by atoms with Gasteiger partial charge in [-0.15, -0.1) is 11.3 Å². The van der Waals surface area contributed by atoms with E-state index in [4.69, 9.17) is 0 Å². The lowest BCUT2D eigenvalue weighted by molar-refractivity contribution is -0.114. The summed E-state index contributed by atoms with van der Waals surface area (Å²) in [6.45, 7) is 1.40. The lowest BCUT2D eigenvalue weighted by atomic mass is 10.3. The number of amides is 1.